The van der Waals surface area contributed by atoms with Crippen LogP contribution >= 0.6 is 11.6 Å². The summed E-state index contributed by atoms with van der Waals surface area (Å²) in [6.07, 6.45) is 1.50. The number of nitrogens with zero attached hydrogens (tertiary/aromatic N) is 3. The van der Waals surface area contributed by atoms with Crippen LogP contribution in [0.1, 0.15) is 11.4 Å². The number of rotatable bonds is 8. The van der Waals surface area contributed by atoms with Gasteiger partial charge in [0.05, 0.1) is 11.6 Å². The van der Waals surface area contributed by atoms with E-state index in [2.05, 4.69) is 15.4 Å². The summed E-state index contributed by atoms with van der Waals surface area (Å²) >= 11 is 6.23. The molecule has 1 N–H and O–H groups in total. The molecule has 114 valence electrons. The number of para-hydroxylation sites is 1. The lowest BCUT2D eigenvalue weighted by Gasteiger charge is -2.13. The highest BCUT2D eigenvalue weighted by molar-refractivity contribution is 6.32. The van der Waals surface area contributed by atoms with Gasteiger partial charge in [-0.25, -0.2) is 4.98 Å². The van der Waals surface area contributed by atoms with E-state index in [1.165, 1.54) is 6.33 Å². The van der Waals surface area contributed by atoms with Gasteiger partial charge in [-0.05, 0) is 6.07 Å². The Morgan fingerprint density at radius 2 is 2.24 bits per heavy atom. The van der Waals surface area contributed by atoms with E-state index in [0.29, 0.717) is 30.5 Å². The molecule has 0 amide bonds. The van der Waals surface area contributed by atoms with Crippen molar-refractivity contribution in [3.8, 4) is 5.75 Å². The topological polar surface area (TPSA) is 61.2 Å². The number of hydrogen-bond donors (Lipinski definition) is 1. The molecule has 0 fully saturated rings. The summed E-state index contributed by atoms with van der Waals surface area (Å²) in [4.78, 5) is 4.13. The zero-order valence-corrected chi connectivity index (χ0v) is 12.9. The highest BCUT2D eigenvalue weighted by atomic mass is 35.5. The number of benzene rings is 1. The molecule has 0 radical (unpaired) electrons. The van der Waals surface area contributed by atoms with Gasteiger partial charge in [0, 0.05) is 32.8 Å². The molecule has 0 unspecified atom stereocenters. The molecular formula is C14H19ClN4O2. The Balaban J connectivity index is 2.01. The van der Waals surface area contributed by atoms with Crippen LogP contribution in [-0.4, -0.2) is 35.0 Å². The molecule has 21 heavy (non-hydrogen) atoms. The maximum Gasteiger partial charge on any atom is 0.164 e. The first-order valence-electron chi connectivity index (χ1n) is 6.65. The van der Waals surface area contributed by atoms with Crippen molar-refractivity contribution in [2.75, 3.05) is 20.3 Å². The number of ether oxygens (including phenoxy) is 2. The molecule has 2 aromatic rings. The summed E-state index contributed by atoms with van der Waals surface area (Å²) in [5, 5.41) is 7.87. The first-order chi connectivity index (χ1) is 10.2. The van der Waals surface area contributed by atoms with Crippen LogP contribution in [0.4, 0.5) is 0 Å². The molecule has 0 saturated carbocycles. The van der Waals surface area contributed by atoms with E-state index in [1.54, 1.807) is 11.8 Å². The van der Waals surface area contributed by atoms with Gasteiger partial charge >= 0.3 is 0 Å². The van der Waals surface area contributed by atoms with Crippen molar-refractivity contribution in [3.05, 3.63) is 40.9 Å². The number of hydrogen-bond acceptors (Lipinski definition) is 5. The van der Waals surface area contributed by atoms with Crippen LogP contribution < -0.4 is 10.1 Å². The molecule has 1 heterocycles. The first-order valence-corrected chi connectivity index (χ1v) is 7.03. The molecule has 7 heteroatoms. The van der Waals surface area contributed by atoms with E-state index < -0.39 is 0 Å². The van der Waals surface area contributed by atoms with Gasteiger partial charge < -0.3 is 14.8 Å². The number of halogens is 1. The lowest BCUT2D eigenvalue weighted by atomic mass is 10.2. The van der Waals surface area contributed by atoms with Crippen LogP contribution in [0.2, 0.25) is 5.02 Å². The van der Waals surface area contributed by atoms with Crippen LogP contribution in [0.25, 0.3) is 0 Å². The monoisotopic (exact) mass is 310 g/mol. The second kappa shape index (κ2) is 7.97. The third-order valence-electron chi connectivity index (χ3n) is 3.00. The third-order valence-corrected chi connectivity index (χ3v) is 3.30. The summed E-state index contributed by atoms with van der Waals surface area (Å²) in [5.74, 6) is 1.42. The van der Waals surface area contributed by atoms with Crippen LogP contribution in [0.5, 0.6) is 5.75 Å². The molecule has 2 rings (SSSR count). The summed E-state index contributed by atoms with van der Waals surface area (Å²) in [7, 11) is 3.50. The lowest BCUT2D eigenvalue weighted by molar-refractivity contribution is 0.199. The lowest BCUT2D eigenvalue weighted by Crippen LogP contribution is -2.19. The predicted molar refractivity (Wildman–Crippen MR) is 80.4 cm³/mol. The smallest absolute Gasteiger partial charge is 0.164 e. The molecule has 0 bridgehead atoms. The van der Waals surface area contributed by atoms with Gasteiger partial charge in [0.2, 0.25) is 0 Å². The minimum Gasteiger partial charge on any atom is -0.484 e. The molecule has 0 aliphatic heterocycles. The van der Waals surface area contributed by atoms with Crippen molar-refractivity contribution in [3.63, 3.8) is 0 Å². The highest BCUT2D eigenvalue weighted by Gasteiger charge is 2.10. The molecule has 0 saturated heterocycles. The second-order valence-corrected chi connectivity index (χ2v) is 4.89. The number of nitrogens with one attached hydrogen (secondary N) is 1. The third kappa shape index (κ3) is 4.42. The maximum absolute atomic E-state index is 6.23. The fourth-order valence-corrected chi connectivity index (χ4v) is 2.09. The zero-order valence-electron chi connectivity index (χ0n) is 12.2. The Bertz CT molecular complexity index is 574. The molecular weight excluding hydrogens is 292 g/mol. The van der Waals surface area contributed by atoms with Gasteiger partial charge in [-0.2, -0.15) is 5.10 Å². The minimum atomic E-state index is 0.325. The van der Waals surface area contributed by atoms with Gasteiger partial charge in [-0.3, -0.25) is 4.68 Å². The van der Waals surface area contributed by atoms with Crippen molar-refractivity contribution in [1.82, 2.24) is 20.1 Å². The Morgan fingerprint density at radius 3 is 2.95 bits per heavy atom. The summed E-state index contributed by atoms with van der Waals surface area (Å²) < 4.78 is 12.5. The van der Waals surface area contributed by atoms with Gasteiger partial charge in [0.25, 0.3) is 0 Å². The Hall–Kier alpha value is -1.63. The van der Waals surface area contributed by atoms with Crippen molar-refractivity contribution in [2.45, 2.75) is 13.2 Å². The fraction of sp³-hybridized carbons (Fsp3) is 0.429. The number of aromatic nitrogens is 3. The predicted octanol–water partition coefficient (Wildman–Crippen LogP) is 1.78. The van der Waals surface area contributed by atoms with E-state index in [0.717, 1.165) is 17.9 Å². The van der Waals surface area contributed by atoms with Crippen LogP contribution in [0.15, 0.2) is 24.5 Å². The van der Waals surface area contributed by atoms with Gasteiger partial charge in [-0.1, -0.05) is 23.7 Å². The van der Waals surface area contributed by atoms with Crippen molar-refractivity contribution in [2.24, 2.45) is 7.05 Å². The molecule has 0 spiro atoms. The fourth-order valence-electron chi connectivity index (χ4n) is 1.84. The maximum atomic E-state index is 6.23. The van der Waals surface area contributed by atoms with Crippen molar-refractivity contribution < 1.29 is 9.47 Å². The largest absolute Gasteiger partial charge is 0.484 e. The average molecular weight is 311 g/mol. The average Bonchev–Trinajstić information content (AvgIpc) is 2.88. The summed E-state index contributed by atoms with van der Waals surface area (Å²) in [5.41, 5.74) is 1.00. The van der Waals surface area contributed by atoms with E-state index in [4.69, 9.17) is 21.1 Å². The first kappa shape index (κ1) is 15.8. The highest BCUT2D eigenvalue weighted by Crippen LogP contribution is 2.29. The van der Waals surface area contributed by atoms with E-state index in [9.17, 15) is 0 Å². The van der Waals surface area contributed by atoms with E-state index in [-0.39, 0.29) is 0 Å². The Labute approximate surface area is 129 Å². The standard InChI is InChI=1S/C14H19ClN4O2/c1-19-13(17-10-18-19)9-21-14-11(4-3-5-12(14)15)8-16-6-7-20-2/h3-5,10,16H,6-9H2,1-2H3. The van der Waals surface area contributed by atoms with Crippen LogP contribution in [0, 0.1) is 0 Å². The minimum absolute atomic E-state index is 0.325. The van der Waals surface area contributed by atoms with Crippen LogP contribution in [-0.2, 0) is 24.9 Å². The van der Waals surface area contributed by atoms with E-state index >= 15 is 0 Å². The summed E-state index contributed by atoms with van der Waals surface area (Å²) in [6, 6.07) is 5.70. The SMILES string of the molecule is COCCNCc1cccc(Cl)c1OCc1ncnn1C. The van der Waals surface area contributed by atoms with Crippen molar-refractivity contribution >= 4 is 11.6 Å². The molecule has 0 aliphatic carbocycles. The molecule has 6 nitrogen and oxygen atoms in total. The number of aryl methyl sites for hydroxylation is 1. The zero-order chi connectivity index (χ0) is 15.1. The van der Waals surface area contributed by atoms with Crippen LogP contribution in [0.3, 0.4) is 0 Å². The van der Waals surface area contributed by atoms with E-state index in [1.807, 2.05) is 25.2 Å². The van der Waals surface area contributed by atoms with Gasteiger partial charge in [0.1, 0.15) is 18.7 Å². The molecule has 1 aromatic carbocycles. The Kier molecular flexibility index (Phi) is 5.98. The Morgan fingerprint density at radius 1 is 1.38 bits per heavy atom. The van der Waals surface area contributed by atoms with Crippen molar-refractivity contribution in [1.29, 1.82) is 0 Å². The normalized spacial score (nSPS) is 10.8. The molecule has 1 aromatic heterocycles. The van der Waals surface area contributed by atoms with Gasteiger partial charge in [-0.15, -0.1) is 0 Å². The van der Waals surface area contributed by atoms with Gasteiger partial charge in [0.15, 0.2) is 5.82 Å². The summed E-state index contributed by atoms with van der Waals surface area (Å²) in [6.45, 7) is 2.42. The molecule has 0 aliphatic rings. The number of methoxy groups -OCH3 is 1. The second-order valence-electron chi connectivity index (χ2n) is 4.49. The molecule has 0 atom stereocenters. The quantitative estimate of drug-likeness (QED) is 0.753.